The molecule has 0 spiro atoms. The van der Waals surface area contributed by atoms with Gasteiger partial charge in [-0.05, 0) is 26.0 Å². The molecule has 0 heterocycles. The maximum absolute atomic E-state index is 11.7. The molecule has 1 aromatic rings. The summed E-state index contributed by atoms with van der Waals surface area (Å²) in [6.45, 7) is 3.32. The molecule has 1 amide bonds. The second-order valence-electron chi connectivity index (χ2n) is 4.36. The Labute approximate surface area is 110 Å². The molecule has 17 heavy (non-hydrogen) atoms. The molecule has 0 unspecified atom stereocenters. The molecule has 0 saturated carbocycles. The van der Waals surface area contributed by atoms with Crippen molar-refractivity contribution in [2.75, 3.05) is 12.3 Å². The van der Waals surface area contributed by atoms with Gasteiger partial charge in [-0.2, -0.15) is 0 Å². The van der Waals surface area contributed by atoms with E-state index in [4.69, 9.17) is 28.9 Å². The average molecular weight is 277 g/mol. The fourth-order valence-electron chi connectivity index (χ4n) is 1.14. The number of aliphatic hydroxyl groups is 1. The Hall–Kier alpha value is -0.970. The van der Waals surface area contributed by atoms with Crippen LogP contribution in [0, 0.1) is 0 Å². The van der Waals surface area contributed by atoms with Gasteiger partial charge in [0.1, 0.15) is 0 Å². The van der Waals surface area contributed by atoms with E-state index in [0.29, 0.717) is 5.56 Å². The van der Waals surface area contributed by atoms with Gasteiger partial charge in [0.15, 0.2) is 0 Å². The van der Waals surface area contributed by atoms with Crippen molar-refractivity contribution < 1.29 is 9.90 Å². The highest BCUT2D eigenvalue weighted by Gasteiger charge is 2.16. The predicted molar refractivity (Wildman–Crippen MR) is 69.5 cm³/mol. The number of halogens is 2. The molecule has 1 aromatic carbocycles. The third-order valence-electron chi connectivity index (χ3n) is 2.00. The number of amides is 1. The fourth-order valence-corrected chi connectivity index (χ4v) is 1.48. The van der Waals surface area contributed by atoms with Gasteiger partial charge in [-0.1, -0.05) is 23.2 Å². The van der Waals surface area contributed by atoms with Gasteiger partial charge in [0.2, 0.25) is 0 Å². The number of nitrogen functional groups attached to an aromatic ring is 1. The van der Waals surface area contributed by atoms with Crippen LogP contribution in [0.3, 0.4) is 0 Å². The number of hydrogen-bond acceptors (Lipinski definition) is 3. The first kappa shape index (κ1) is 14.1. The summed E-state index contributed by atoms with van der Waals surface area (Å²) in [6, 6.07) is 2.87. The molecular weight excluding hydrogens is 263 g/mol. The number of carbonyl (C=O) groups is 1. The van der Waals surface area contributed by atoms with Crippen LogP contribution in [0.1, 0.15) is 24.2 Å². The average Bonchev–Trinajstić information content (AvgIpc) is 2.20. The lowest BCUT2D eigenvalue weighted by molar-refractivity contribution is 0.0694. The Bertz CT molecular complexity index is 419. The van der Waals surface area contributed by atoms with E-state index in [-0.39, 0.29) is 28.2 Å². The SMILES string of the molecule is CC(C)(O)CNC(=O)c1cc(N)c(Cl)c(Cl)c1. The number of nitrogens with one attached hydrogen (secondary N) is 1. The van der Waals surface area contributed by atoms with Gasteiger partial charge >= 0.3 is 0 Å². The number of hydrogen-bond donors (Lipinski definition) is 3. The summed E-state index contributed by atoms with van der Waals surface area (Å²) < 4.78 is 0. The third-order valence-corrected chi connectivity index (χ3v) is 2.82. The van der Waals surface area contributed by atoms with Crippen molar-refractivity contribution in [3.05, 3.63) is 27.7 Å². The molecule has 0 aliphatic carbocycles. The van der Waals surface area contributed by atoms with Gasteiger partial charge in [-0.15, -0.1) is 0 Å². The van der Waals surface area contributed by atoms with Crippen LogP contribution >= 0.6 is 23.2 Å². The molecular formula is C11H14Cl2N2O2. The van der Waals surface area contributed by atoms with Crippen LogP contribution in [0.2, 0.25) is 10.0 Å². The molecule has 4 nitrogen and oxygen atoms in total. The minimum absolute atomic E-state index is 0.131. The maximum Gasteiger partial charge on any atom is 0.251 e. The van der Waals surface area contributed by atoms with Gasteiger partial charge in [0.25, 0.3) is 5.91 Å². The Morgan fingerprint density at radius 2 is 2.06 bits per heavy atom. The van der Waals surface area contributed by atoms with Crippen molar-refractivity contribution in [1.82, 2.24) is 5.32 Å². The minimum Gasteiger partial charge on any atom is -0.397 e. The zero-order valence-electron chi connectivity index (χ0n) is 9.55. The first-order chi connectivity index (χ1) is 7.70. The largest absolute Gasteiger partial charge is 0.397 e. The van der Waals surface area contributed by atoms with E-state index in [1.54, 1.807) is 13.8 Å². The van der Waals surface area contributed by atoms with E-state index in [9.17, 15) is 9.90 Å². The van der Waals surface area contributed by atoms with Crippen LogP contribution < -0.4 is 11.1 Å². The Kier molecular flexibility index (Phi) is 4.25. The van der Waals surface area contributed by atoms with E-state index in [2.05, 4.69) is 5.32 Å². The molecule has 0 aliphatic rings. The number of anilines is 1. The highest BCUT2D eigenvalue weighted by Crippen LogP contribution is 2.29. The normalized spacial score (nSPS) is 11.4. The van der Waals surface area contributed by atoms with E-state index in [0.717, 1.165) is 0 Å². The lowest BCUT2D eigenvalue weighted by Crippen LogP contribution is -2.38. The Morgan fingerprint density at radius 3 is 2.53 bits per heavy atom. The minimum atomic E-state index is -0.975. The molecule has 0 fully saturated rings. The van der Waals surface area contributed by atoms with Crippen LogP contribution in [0.15, 0.2) is 12.1 Å². The lowest BCUT2D eigenvalue weighted by Gasteiger charge is -2.17. The first-order valence-corrected chi connectivity index (χ1v) is 5.71. The van der Waals surface area contributed by atoms with Gasteiger partial charge < -0.3 is 16.2 Å². The van der Waals surface area contributed by atoms with Crippen molar-refractivity contribution in [2.45, 2.75) is 19.4 Å². The molecule has 0 aromatic heterocycles. The second-order valence-corrected chi connectivity index (χ2v) is 5.14. The highest BCUT2D eigenvalue weighted by atomic mass is 35.5. The predicted octanol–water partition coefficient (Wildman–Crippen LogP) is 2.08. The summed E-state index contributed by atoms with van der Waals surface area (Å²) >= 11 is 11.6. The molecule has 6 heteroatoms. The number of benzene rings is 1. The zero-order valence-corrected chi connectivity index (χ0v) is 11.1. The highest BCUT2D eigenvalue weighted by molar-refractivity contribution is 6.43. The summed E-state index contributed by atoms with van der Waals surface area (Å²) in [4.78, 5) is 11.7. The van der Waals surface area contributed by atoms with Crippen LogP contribution in [0.5, 0.6) is 0 Å². The van der Waals surface area contributed by atoms with E-state index in [1.165, 1.54) is 12.1 Å². The van der Waals surface area contributed by atoms with E-state index in [1.807, 2.05) is 0 Å². The molecule has 0 bridgehead atoms. The third kappa shape index (κ3) is 4.07. The van der Waals surface area contributed by atoms with Crippen molar-refractivity contribution in [1.29, 1.82) is 0 Å². The molecule has 0 aliphatic heterocycles. The van der Waals surface area contributed by atoms with Crippen molar-refractivity contribution in [2.24, 2.45) is 0 Å². The van der Waals surface area contributed by atoms with Crippen molar-refractivity contribution >= 4 is 34.8 Å². The van der Waals surface area contributed by atoms with Gasteiger partial charge in [-0.25, -0.2) is 0 Å². The monoisotopic (exact) mass is 276 g/mol. The van der Waals surface area contributed by atoms with Gasteiger partial charge in [0.05, 0.1) is 21.3 Å². The number of nitrogens with two attached hydrogens (primary N) is 1. The van der Waals surface area contributed by atoms with Crippen LogP contribution in [0.4, 0.5) is 5.69 Å². The van der Waals surface area contributed by atoms with Crippen LogP contribution in [-0.2, 0) is 0 Å². The fraction of sp³-hybridized carbons (Fsp3) is 0.364. The summed E-state index contributed by atoms with van der Waals surface area (Å²) in [7, 11) is 0. The summed E-state index contributed by atoms with van der Waals surface area (Å²) in [5.74, 6) is -0.364. The van der Waals surface area contributed by atoms with Crippen LogP contribution in [-0.4, -0.2) is 23.2 Å². The summed E-state index contributed by atoms with van der Waals surface area (Å²) in [5.41, 5.74) is 5.17. The molecule has 0 radical (unpaired) electrons. The number of carbonyl (C=O) groups excluding carboxylic acids is 1. The summed E-state index contributed by atoms with van der Waals surface area (Å²) in [6.07, 6.45) is 0. The van der Waals surface area contributed by atoms with Gasteiger partial charge in [-0.3, -0.25) is 4.79 Å². The summed E-state index contributed by atoms with van der Waals surface area (Å²) in [5, 5.41) is 12.5. The lowest BCUT2D eigenvalue weighted by atomic mass is 10.1. The first-order valence-electron chi connectivity index (χ1n) is 4.96. The Morgan fingerprint density at radius 1 is 1.47 bits per heavy atom. The Balaban J connectivity index is 2.84. The van der Waals surface area contributed by atoms with Crippen molar-refractivity contribution in [3.8, 4) is 0 Å². The van der Waals surface area contributed by atoms with Crippen molar-refractivity contribution in [3.63, 3.8) is 0 Å². The molecule has 0 atom stereocenters. The molecule has 1 rings (SSSR count). The topological polar surface area (TPSA) is 75.3 Å². The molecule has 0 saturated heterocycles. The molecule has 4 N–H and O–H groups in total. The number of rotatable bonds is 3. The maximum atomic E-state index is 11.7. The second kappa shape index (κ2) is 5.12. The zero-order chi connectivity index (χ0) is 13.2. The standard InChI is InChI=1S/C11H14Cl2N2O2/c1-11(2,17)5-15-10(16)6-3-7(12)9(13)8(14)4-6/h3-4,17H,5,14H2,1-2H3,(H,15,16). The smallest absolute Gasteiger partial charge is 0.251 e. The van der Waals surface area contributed by atoms with Crippen LogP contribution in [0.25, 0.3) is 0 Å². The molecule has 94 valence electrons. The van der Waals surface area contributed by atoms with E-state index >= 15 is 0 Å². The van der Waals surface area contributed by atoms with Gasteiger partial charge in [0, 0.05) is 12.1 Å². The quantitative estimate of drug-likeness (QED) is 0.740. The van der Waals surface area contributed by atoms with E-state index < -0.39 is 5.60 Å².